The van der Waals surface area contributed by atoms with Crippen LogP contribution in [0.4, 0.5) is 0 Å². The molecular formula is C23H22O3S. The molecule has 1 N–H and O–H groups in total. The van der Waals surface area contributed by atoms with Crippen LogP contribution in [0.5, 0.6) is 5.75 Å². The number of hydrogen-bond donors (Lipinski definition) is 1. The van der Waals surface area contributed by atoms with Crippen molar-refractivity contribution < 1.29 is 14.6 Å². The summed E-state index contributed by atoms with van der Waals surface area (Å²) in [6.45, 7) is 0. The summed E-state index contributed by atoms with van der Waals surface area (Å²) in [6, 6.07) is 28.5. The lowest BCUT2D eigenvalue weighted by atomic mass is 9.84. The van der Waals surface area contributed by atoms with Crippen LogP contribution in [0.3, 0.4) is 0 Å². The Hall–Kier alpha value is -2.72. The molecule has 3 rings (SSSR count). The standard InChI is InChI=1S/C23H22O3S/c1-26-21-14-12-20(13-15-21)23(27-17-16-22(24)25,18-8-4-2-5-9-18)19-10-6-3-7-11-19/h2-15H,16-17H2,1H3,(H,24,25). The number of benzene rings is 3. The summed E-state index contributed by atoms with van der Waals surface area (Å²) in [7, 11) is 1.65. The van der Waals surface area contributed by atoms with Gasteiger partial charge in [0, 0.05) is 5.75 Å². The molecule has 0 saturated carbocycles. The number of rotatable bonds is 8. The molecule has 0 bridgehead atoms. The molecule has 3 aromatic rings. The van der Waals surface area contributed by atoms with E-state index < -0.39 is 10.7 Å². The van der Waals surface area contributed by atoms with Gasteiger partial charge in [-0.2, -0.15) is 0 Å². The fourth-order valence-electron chi connectivity index (χ4n) is 3.21. The van der Waals surface area contributed by atoms with Crippen molar-refractivity contribution in [1.29, 1.82) is 0 Å². The second-order valence-electron chi connectivity index (χ2n) is 6.13. The van der Waals surface area contributed by atoms with E-state index in [1.165, 1.54) is 0 Å². The number of carboxylic acids is 1. The largest absolute Gasteiger partial charge is 0.497 e. The van der Waals surface area contributed by atoms with Gasteiger partial charge in [-0.25, -0.2) is 0 Å². The SMILES string of the molecule is COc1ccc(C(SCCC(=O)O)(c2ccccc2)c2ccccc2)cc1. The van der Waals surface area contributed by atoms with Crippen molar-refractivity contribution >= 4 is 17.7 Å². The average Bonchev–Trinajstić information content (AvgIpc) is 2.72. The predicted molar refractivity (Wildman–Crippen MR) is 110 cm³/mol. The maximum atomic E-state index is 11.1. The third kappa shape index (κ3) is 4.17. The highest BCUT2D eigenvalue weighted by Gasteiger charge is 2.36. The number of carbonyl (C=O) groups is 1. The molecule has 27 heavy (non-hydrogen) atoms. The Kier molecular flexibility index (Phi) is 6.20. The Balaban J connectivity index is 2.18. The van der Waals surface area contributed by atoms with Gasteiger partial charge in [0.05, 0.1) is 18.3 Å². The minimum absolute atomic E-state index is 0.113. The fourth-order valence-corrected chi connectivity index (χ4v) is 4.70. The number of ether oxygens (including phenoxy) is 1. The van der Waals surface area contributed by atoms with E-state index in [1.807, 2.05) is 48.5 Å². The zero-order valence-corrected chi connectivity index (χ0v) is 16.0. The monoisotopic (exact) mass is 378 g/mol. The molecule has 0 atom stereocenters. The molecular weight excluding hydrogens is 356 g/mol. The topological polar surface area (TPSA) is 46.5 Å². The summed E-state index contributed by atoms with van der Waals surface area (Å²) in [5, 5.41) is 9.16. The Morgan fingerprint density at radius 3 is 1.78 bits per heavy atom. The van der Waals surface area contributed by atoms with Gasteiger partial charge in [0.1, 0.15) is 5.75 Å². The van der Waals surface area contributed by atoms with Gasteiger partial charge in [0.25, 0.3) is 0 Å². The van der Waals surface area contributed by atoms with E-state index in [2.05, 4.69) is 36.4 Å². The number of methoxy groups -OCH3 is 1. The zero-order valence-electron chi connectivity index (χ0n) is 15.2. The average molecular weight is 378 g/mol. The van der Waals surface area contributed by atoms with Crippen molar-refractivity contribution in [1.82, 2.24) is 0 Å². The smallest absolute Gasteiger partial charge is 0.304 e. The Morgan fingerprint density at radius 1 is 0.852 bits per heavy atom. The van der Waals surface area contributed by atoms with Gasteiger partial charge in [-0.15, -0.1) is 11.8 Å². The Morgan fingerprint density at radius 2 is 1.33 bits per heavy atom. The van der Waals surface area contributed by atoms with Gasteiger partial charge in [0.15, 0.2) is 0 Å². The summed E-state index contributed by atoms with van der Waals surface area (Å²) in [6.07, 6.45) is 0.113. The molecule has 0 amide bonds. The van der Waals surface area contributed by atoms with E-state index >= 15 is 0 Å². The molecule has 4 heteroatoms. The molecule has 0 aliphatic rings. The van der Waals surface area contributed by atoms with Crippen molar-refractivity contribution in [2.24, 2.45) is 0 Å². The molecule has 0 aliphatic heterocycles. The molecule has 0 fully saturated rings. The van der Waals surface area contributed by atoms with Crippen LogP contribution in [0, 0.1) is 0 Å². The van der Waals surface area contributed by atoms with Crippen LogP contribution in [0.15, 0.2) is 84.9 Å². The number of thioether (sulfide) groups is 1. The maximum Gasteiger partial charge on any atom is 0.304 e. The van der Waals surface area contributed by atoms with Crippen LogP contribution < -0.4 is 4.74 Å². The summed E-state index contributed by atoms with van der Waals surface area (Å²) in [4.78, 5) is 11.1. The number of hydrogen-bond acceptors (Lipinski definition) is 3. The second-order valence-corrected chi connectivity index (χ2v) is 7.44. The highest BCUT2D eigenvalue weighted by molar-refractivity contribution is 8.00. The molecule has 3 nitrogen and oxygen atoms in total. The summed E-state index contributed by atoms with van der Waals surface area (Å²) in [5.41, 5.74) is 3.34. The normalized spacial score (nSPS) is 11.1. The highest BCUT2D eigenvalue weighted by atomic mass is 32.2. The first-order chi connectivity index (χ1) is 13.2. The van der Waals surface area contributed by atoms with Gasteiger partial charge in [0.2, 0.25) is 0 Å². The van der Waals surface area contributed by atoms with E-state index in [9.17, 15) is 4.79 Å². The van der Waals surface area contributed by atoms with Crippen LogP contribution >= 0.6 is 11.8 Å². The van der Waals surface area contributed by atoms with Crippen LogP contribution in [-0.4, -0.2) is 23.9 Å². The summed E-state index contributed by atoms with van der Waals surface area (Å²) in [5.74, 6) is 0.516. The highest BCUT2D eigenvalue weighted by Crippen LogP contribution is 2.48. The Bertz CT molecular complexity index is 822. The van der Waals surface area contributed by atoms with E-state index in [-0.39, 0.29) is 6.42 Å². The molecule has 0 unspecified atom stereocenters. The quantitative estimate of drug-likeness (QED) is 0.548. The van der Waals surface area contributed by atoms with Crippen molar-refractivity contribution in [2.45, 2.75) is 11.2 Å². The number of carboxylic acid groups (broad SMARTS) is 1. The van der Waals surface area contributed by atoms with Crippen molar-refractivity contribution in [3.63, 3.8) is 0 Å². The molecule has 0 radical (unpaired) electrons. The van der Waals surface area contributed by atoms with Crippen LogP contribution in [0.1, 0.15) is 23.1 Å². The van der Waals surface area contributed by atoms with Gasteiger partial charge in [-0.3, -0.25) is 4.79 Å². The predicted octanol–water partition coefficient (Wildman–Crippen LogP) is 5.20. The minimum atomic E-state index is -0.785. The second kappa shape index (κ2) is 8.78. The van der Waals surface area contributed by atoms with E-state index in [0.717, 1.165) is 22.4 Å². The van der Waals surface area contributed by atoms with Crippen LogP contribution in [0.2, 0.25) is 0 Å². The minimum Gasteiger partial charge on any atom is -0.497 e. The molecule has 0 aliphatic carbocycles. The van der Waals surface area contributed by atoms with Crippen LogP contribution in [0.25, 0.3) is 0 Å². The lowest BCUT2D eigenvalue weighted by Gasteiger charge is -2.35. The van der Waals surface area contributed by atoms with E-state index in [0.29, 0.717) is 5.75 Å². The van der Waals surface area contributed by atoms with Crippen molar-refractivity contribution in [2.75, 3.05) is 12.9 Å². The summed E-state index contributed by atoms with van der Waals surface area (Å²) >= 11 is 1.65. The zero-order chi connectivity index (χ0) is 19.1. The van der Waals surface area contributed by atoms with Gasteiger partial charge in [-0.05, 0) is 28.8 Å². The maximum absolute atomic E-state index is 11.1. The Labute approximate surface area is 164 Å². The molecule has 0 heterocycles. The van der Waals surface area contributed by atoms with Crippen molar-refractivity contribution in [3.05, 3.63) is 102 Å². The molecule has 3 aromatic carbocycles. The van der Waals surface area contributed by atoms with Gasteiger partial charge >= 0.3 is 5.97 Å². The molecule has 138 valence electrons. The molecule has 0 saturated heterocycles. The molecule has 0 aromatic heterocycles. The van der Waals surface area contributed by atoms with Crippen molar-refractivity contribution in [3.8, 4) is 5.75 Å². The van der Waals surface area contributed by atoms with E-state index in [4.69, 9.17) is 9.84 Å². The summed E-state index contributed by atoms with van der Waals surface area (Å²) < 4.78 is 4.83. The first-order valence-corrected chi connectivity index (χ1v) is 9.76. The van der Waals surface area contributed by atoms with E-state index in [1.54, 1.807) is 18.9 Å². The van der Waals surface area contributed by atoms with Crippen LogP contribution in [-0.2, 0) is 9.54 Å². The number of aliphatic carboxylic acids is 1. The van der Waals surface area contributed by atoms with Gasteiger partial charge in [-0.1, -0.05) is 72.8 Å². The first-order valence-electron chi connectivity index (χ1n) is 8.78. The first kappa shape index (κ1) is 19.1. The third-order valence-corrected chi connectivity index (χ3v) is 6.04. The fraction of sp³-hybridized carbons (Fsp3) is 0.174. The third-order valence-electron chi connectivity index (χ3n) is 4.49. The lowest BCUT2D eigenvalue weighted by molar-refractivity contribution is -0.136. The van der Waals surface area contributed by atoms with Gasteiger partial charge < -0.3 is 9.84 Å². The molecule has 0 spiro atoms. The lowest BCUT2D eigenvalue weighted by Crippen LogP contribution is -2.26.